The van der Waals surface area contributed by atoms with Crippen molar-refractivity contribution in [1.82, 2.24) is 4.90 Å². The molecule has 1 heterocycles. The zero-order chi connectivity index (χ0) is 10.8. The molecular weight excluding hydrogens is 210 g/mol. The first-order chi connectivity index (χ1) is 7.22. The molecule has 15 heavy (non-hydrogen) atoms. The zero-order valence-corrected chi connectivity index (χ0v) is 9.36. The molecule has 1 atom stereocenters. The van der Waals surface area contributed by atoms with Gasteiger partial charge < -0.3 is 9.64 Å². The van der Waals surface area contributed by atoms with Crippen LogP contribution in [0.25, 0.3) is 0 Å². The molecule has 1 aliphatic rings. The normalized spacial score (nSPS) is 19.7. The number of nitrogens with zero attached hydrogens (tertiary/aromatic N) is 3. The van der Waals surface area contributed by atoms with Crippen molar-refractivity contribution in [2.75, 3.05) is 14.2 Å². The molecule has 0 N–H and O–H groups in total. The Balaban J connectivity index is 2.30. The summed E-state index contributed by atoms with van der Waals surface area (Å²) >= 11 is 5.01. The molecule has 0 aliphatic carbocycles. The van der Waals surface area contributed by atoms with Crippen LogP contribution in [0.1, 0.15) is 11.7 Å². The predicted molar refractivity (Wildman–Crippen MR) is 61.0 cm³/mol. The van der Waals surface area contributed by atoms with Crippen molar-refractivity contribution in [3.8, 4) is 5.75 Å². The van der Waals surface area contributed by atoms with Crippen molar-refractivity contribution in [2.24, 2.45) is 10.2 Å². The second-order valence-electron chi connectivity index (χ2n) is 3.26. The lowest BCUT2D eigenvalue weighted by atomic mass is 10.1. The zero-order valence-electron chi connectivity index (χ0n) is 8.54. The van der Waals surface area contributed by atoms with Crippen LogP contribution in [0.3, 0.4) is 0 Å². The topological polar surface area (TPSA) is 37.2 Å². The highest BCUT2D eigenvalue weighted by atomic mass is 32.1. The first-order valence-corrected chi connectivity index (χ1v) is 4.95. The lowest BCUT2D eigenvalue weighted by Crippen LogP contribution is -2.21. The highest BCUT2D eigenvalue weighted by Crippen LogP contribution is 2.28. The first-order valence-electron chi connectivity index (χ1n) is 4.54. The summed E-state index contributed by atoms with van der Waals surface area (Å²) in [7, 11) is 3.52. The van der Waals surface area contributed by atoms with E-state index >= 15 is 0 Å². The maximum Gasteiger partial charge on any atom is 0.217 e. The summed E-state index contributed by atoms with van der Waals surface area (Å²) in [4.78, 5) is 1.85. The van der Waals surface area contributed by atoms with Crippen LogP contribution in [0.2, 0.25) is 0 Å². The molecule has 0 fully saturated rings. The Morgan fingerprint density at radius 1 is 1.47 bits per heavy atom. The van der Waals surface area contributed by atoms with E-state index in [1.54, 1.807) is 7.11 Å². The number of hydrogen-bond acceptors (Lipinski definition) is 3. The monoisotopic (exact) mass is 221 g/mol. The minimum atomic E-state index is -0.118. The summed E-state index contributed by atoms with van der Waals surface area (Å²) in [6.45, 7) is 0. The standard InChI is InChI=1S/C10H11N3OS/c1-13-9(11-12-10(13)15)7-4-3-5-8(6-7)14-2/h3-6,9H,1-2H3. The van der Waals surface area contributed by atoms with E-state index in [0.717, 1.165) is 11.3 Å². The van der Waals surface area contributed by atoms with Gasteiger partial charge in [0.1, 0.15) is 5.75 Å². The molecule has 0 amide bonds. The third-order valence-corrected chi connectivity index (χ3v) is 2.68. The molecule has 1 aromatic rings. The highest BCUT2D eigenvalue weighted by molar-refractivity contribution is 7.80. The van der Waals surface area contributed by atoms with E-state index in [9.17, 15) is 0 Å². The Hall–Kier alpha value is -1.49. The molecule has 0 saturated carbocycles. The van der Waals surface area contributed by atoms with Crippen molar-refractivity contribution in [3.05, 3.63) is 29.8 Å². The molecule has 0 bridgehead atoms. The van der Waals surface area contributed by atoms with E-state index in [4.69, 9.17) is 17.0 Å². The van der Waals surface area contributed by atoms with Gasteiger partial charge in [-0.05, 0) is 24.4 Å². The van der Waals surface area contributed by atoms with Gasteiger partial charge in [-0.2, -0.15) is 5.11 Å². The Kier molecular flexibility index (Phi) is 2.64. The fraction of sp³-hybridized carbons (Fsp3) is 0.300. The van der Waals surface area contributed by atoms with Gasteiger partial charge in [0, 0.05) is 12.6 Å². The largest absolute Gasteiger partial charge is 0.497 e. The third kappa shape index (κ3) is 1.83. The van der Waals surface area contributed by atoms with Crippen LogP contribution in [0.5, 0.6) is 5.75 Å². The third-order valence-electron chi connectivity index (χ3n) is 2.31. The van der Waals surface area contributed by atoms with Gasteiger partial charge in [0.25, 0.3) is 0 Å². The fourth-order valence-corrected chi connectivity index (χ4v) is 1.60. The Labute approximate surface area is 93.6 Å². The maximum absolute atomic E-state index is 5.15. The summed E-state index contributed by atoms with van der Waals surface area (Å²) in [5.74, 6) is 0.814. The summed E-state index contributed by atoms with van der Waals surface area (Å²) in [5.41, 5.74) is 1.03. The van der Waals surface area contributed by atoms with Crippen molar-refractivity contribution in [1.29, 1.82) is 0 Å². The van der Waals surface area contributed by atoms with Crippen molar-refractivity contribution in [2.45, 2.75) is 6.17 Å². The van der Waals surface area contributed by atoms with Gasteiger partial charge >= 0.3 is 0 Å². The number of hydrogen-bond donors (Lipinski definition) is 0. The van der Waals surface area contributed by atoms with Gasteiger partial charge in [0.05, 0.1) is 7.11 Å². The van der Waals surface area contributed by atoms with Crippen LogP contribution in [0, 0.1) is 0 Å². The molecule has 1 aromatic carbocycles. The number of ether oxygens (including phenoxy) is 1. The first kappa shape index (κ1) is 10.0. The number of rotatable bonds is 2. The van der Waals surface area contributed by atoms with Crippen LogP contribution in [-0.4, -0.2) is 24.2 Å². The maximum atomic E-state index is 5.15. The van der Waals surface area contributed by atoms with Gasteiger partial charge in [-0.25, -0.2) is 0 Å². The average molecular weight is 221 g/mol. The second-order valence-corrected chi connectivity index (χ2v) is 3.62. The molecule has 78 valence electrons. The van der Waals surface area contributed by atoms with Gasteiger partial charge in [-0.15, -0.1) is 5.11 Å². The molecule has 1 aliphatic heterocycles. The molecule has 0 aromatic heterocycles. The molecule has 4 nitrogen and oxygen atoms in total. The van der Waals surface area contributed by atoms with Crippen molar-refractivity contribution in [3.63, 3.8) is 0 Å². The summed E-state index contributed by atoms with van der Waals surface area (Å²) in [6.07, 6.45) is -0.118. The summed E-state index contributed by atoms with van der Waals surface area (Å²) in [5, 5.41) is 8.49. The van der Waals surface area contributed by atoms with Gasteiger partial charge in [-0.3, -0.25) is 0 Å². The van der Waals surface area contributed by atoms with E-state index < -0.39 is 0 Å². The number of methoxy groups -OCH3 is 1. The van der Waals surface area contributed by atoms with Gasteiger partial charge in [-0.1, -0.05) is 12.1 Å². The molecule has 1 unspecified atom stereocenters. The molecule has 0 radical (unpaired) electrons. The van der Waals surface area contributed by atoms with Gasteiger partial charge in [0.2, 0.25) is 5.11 Å². The smallest absolute Gasteiger partial charge is 0.217 e. The lowest BCUT2D eigenvalue weighted by molar-refractivity contribution is 0.399. The quantitative estimate of drug-likeness (QED) is 0.719. The highest BCUT2D eigenvalue weighted by Gasteiger charge is 2.24. The van der Waals surface area contributed by atoms with Crippen LogP contribution in [0.4, 0.5) is 0 Å². The Bertz CT molecular complexity index is 419. The molecule has 0 spiro atoms. The number of azo groups is 1. The minimum absolute atomic E-state index is 0.118. The lowest BCUT2D eigenvalue weighted by Gasteiger charge is -2.17. The summed E-state index contributed by atoms with van der Waals surface area (Å²) < 4.78 is 5.15. The van der Waals surface area contributed by atoms with Crippen LogP contribution in [-0.2, 0) is 0 Å². The van der Waals surface area contributed by atoms with E-state index in [1.165, 1.54) is 0 Å². The van der Waals surface area contributed by atoms with E-state index in [0.29, 0.717) is 5.11 Å². The van der Waals surface area contributed by atoms with Crippen molar-refractivity contribution < 1.29 is 4.74 Å². The molecular formula is C10H11N3OS. The Morgan fingerprint density at radius 2 is 2.27 bits per heavy atom. The van der Waals surface area contributed by atoms with E-state index in [2.05, 4.69) is 10.2 Å². The number of thiocarbonyl (C=S) groups is 1. The second kappa shape index (κ2) is 3.94. The predicted octanol–water partition coefficient (Wildman–Crippen LogP) is 2.38. The van der Waals surface area contributed by atoms with Crippen LogP contribution >= 0.6 is 12.2 Å². The van der Waals surface area contributed by atoms with Crippen molar-refractivity contribution >= 4 is 17.3 Å². The minimum Gasteiger partial charge on any atom is -0.497 e. The number of benzene rings is 1. The Morgan fingerprint density at radius 3 is 2.87 bits per heavy atom. The molecule has 2 rings (SSSR count). The van der Waals surface area contributed by atoms with Gasteiger partial charge in [0.15, 0.2) is 6.17 Å². The fourth-order valence-electron chi connectivity index (χ4n) is 1.45. The van der Waals surface area contributed by atoms with E-state index in [-0.39, 0.29) is 6.17 Å². The van der Waals surface area contributed by atoms with Crippen LogP contribution < -0.4 is 4.74 Å². The average Bonchev–Trinajstić information content (AvgIpc) is 2.60. The summed E-state index contributed by atoms with van der Waals surface area (Å²) in [6, 6.07) is 7.75. The molecule has 0 saturated heterocycles. The van der Waals surface area contributed by atoms with Crippen LogP contribution in [0.15, 0.2) is 34.5 Å². The SMILES string of the molecule is COc1cccc(C2N=NC(=S)N2C)c1. The van der Waals surface area contributed by atoms with E-state index in [1.807, 2.05) is 36.2 Å². The molecule has 5 heteroatoms.